The third-order valence-electron chi connectivity index (χ3n) is 2.12. The summed E-state index contributed by atoms with van der Waals surface area (Å²) < 4.78 is 0. The maximum absolute atomic E-state index is 5.68. The van der Waals surface area contributed by atoms with Gasteiger partial charge in [-0.25, -0.2) is 4.98 Å². The standard InChI is InChI=1S/C9H13N5/c1-6(10)2-3-7-4-8-9(11-5-7)13-14-12-8/h4-6H,2-3,10H2,1H3,(H,11,12,13,14). The number of H-pyrrole nitrogens is 1. The fourth-order valence-corrected chi connectivity index (χ4v) is 1.31. The number of aryl methyl sites for hydroxylation is 1. The zero-order chi connectivity index (χ0) is 9.97. The minimum Gasteiger partial charge on any atom is -0.328 e. The quantitative estimate of drug-likeness (QED) is 0.745. The fraction of sp³-hybridized carbons (Fsp3) is 0.444. The molecule has 1 atom stereocenters. The van der Waals surface area contributed by atoms with Gasteiger partial charge >= 0.3 is 0 Å². The zero-order valence-electron chi connectivity index (χ0n) is 8.07. The Morgan fingerprint density at radius 3 is 3.14 bits per heavy atom. The summed E-state index contributed by atoms with van der Waals surface area (Å²) in [7, 11) is 0. The number of pyridine rings is 1. The number of aromatic nitrogens is 4. The molecule has 0 amide bonds. The molecule has 0 radical (unpaired) electrons. The van der Waals surface area contributed by atoms with Gasteiger partial charge in [-0.3, -0.25) is 0 Å². The number of fused-ring (bicyclic) bond motifs is 1. The SMILES string of the molecule is CC(N)CCc1cnc2n[nH]nc2c1. The van der Waals surface area contributed by atoms with Crippen LogP contribution in [0.1, 0.15) is 18.9 Å². The van der Waals surface area contributed by atoms with Crippen molar-refractivity contribution in [3.05, 3.63) is 17.8 Å². The molecule has 2 heterocycles. The fourth-order valence-electron chi connectivity index (χ4n) is 1.31. The smallest absolute Gasteiger partial charge is 0.201 e. The monoisotopic (exact) mass is 191 g/mol. The number of rotatable bonds is 3. The average molecular weight is 191 g/mol. The highest BCUT2D eigenvalue weighted by molar-refractivity contribution is 5.68. The summed E-state index contributed by atoms with van der Waals surface area (Å²) in [4.78, 5) is 4.17. The second kappa shape index (κ2) is 3.71. The third-order valence-corrected chi connectivity index (χ3v) is 2.12. The third kappa shape index (κ3) is 1.88. The number of nitrogens with one attached hydrogen (secondary N) is 1. The van der Waals surface area contributed by atoms with Crippen LogP contribution in [0.25, 0.3) is 11.2 Å². The first kappa shape index (κ1) is 9.08. The number of hydrogen-bond acceptors (Lipinski definition) is 4. The zero-order valence-corrected chi connectivity index (χ0v) is 8.07. The van der Waals surface area contributed by atoms with Gasteiger partial charge < -0.3 is 5.73 Å². The molecule has 2 aromatic heterocycles. The number of aromatic amines is 1. The van der Waals surface area contributed by atoms with Gasteiger partial charge in [0.05, 0.1) is 0 Å². The number of hydrogen-bond donors (Lipinski definition) is 2. The molecule has 0 spiro atoms. The highest BCUT2D eigenvalue weighted by atomic mass is 15.3. The predicted octanol–water partition coefficient (Wildman–Crippen LogP) is 0.633. The molecular formula is C9H13N5. The lowest BCUT2D eigenvalue weighted by atomic mass is 10.1. The van der Waals surface area contributed by atoms with E-state index in [4.69, 9.17) is 5.73 Å². The molecule has 0 aromatic carbocycles. The van der Waals surface area contributed by atoms with E-state index >= 15 is 0 Å². The molecule has 0 saturated heterocycles. The van der Waals surface area contributed by atoms with E-state index in [-0.39, 0.29) is 6.04 Å². The lowest BCUT2D eigenvalue weighted by Crippen LogP contribution is -2.15. The molecule has 0 bridgehead atoms. The van der Waals surface area contributed by atoms with Crippen molar-refractivity contribution in [2.24, 2.45) is 5.73 Å². The van der Waals surface area contributed by atoms with Crippen LogP contribution in [-0.4, -0.2) is 26.4 Å². The molecule has 74 valence electrons. The normalized spacial score (nSPS) is 13.3. The Bertz CT molecular complexity index is 420. The summed E-state index contributed by atoms with van der Waals surface area (Å²) in [6.45, 7) is 2.00. The van der Waals surface area contributed by atoms with Crippen molar-refractivity contribution in [3.63, 3.8) is 0 Å². The molecule has 5 heteroatoms. The van der Waals surface area contributed by atoms with E-state index in [2.05, 4.69) is 20.4 Å². The van der Waals surface area contributed by atoms with Gasteiger partial charge in [-0.2, -0.15) is 10.3 Å². The molecule has 0 saturated carbocycles. The Morgan fingerprint density at radius 1 is 1.50 bits per heavy atom. The highest BCUT2D eigenvalue weighted by Crippen LogP contribution is 2.09. The lowest BCUT2D eigenvalue weighted by Gasteiger charge is -2.03. The van der Waals surface area contributed by atoms with E-state index in [0.717, 1.165) is 23.9 Å². The van der Waals surface area contributed by atoms with Gasteiger partial charge in [0.2, 0.25) is 5.65 Å². The van der Waals surface area contributed by atoms with E-state index in [1.54, 1.807) is 0 Å². The van der Waals surface area contributed by atoms with E-state index in [1.165, 1.54) is 0 Å². The van der Waals surface area contributed by atoms with E-state index in [1.807, 2.05) is 19.2 Å². The summed E-state index contributed by atoms with van der Waals surface area (Å²) in [5.74, 6) is 0. The maximum Gasteiger partial charge on any atom is 0.201 e. The van der Waals surface area contributed by atoms with Crippen LogP contribution in [0.5, 0.6) is 0 Å². The highest BCUT2D eigenvalue weighted by Gasteiger charge is 2.02. The van der Waals surface area contributed by atoms with Crippen molar-refractivity contribution in [1.29, 1.82) is 0 Å². The molecule has 3 N–H and O–H groups in total. The van der Waals surface area contributed by atoms with Crippen LogP contribution in [0, 0.1) is 0 Å². The van der Waals surface area contributed by atoms with Crippen molar-refractivity contribution in [1.82, 2.24) is 20.4 Å². The van der Waals surface area contributed by atoms with Crippen LogP contribution >= 0.6 is 0 Å². The minimum absolute atomic E-state index is 0.225. The summed E-state index contributed by atoms with van der Waals surface area (Å²) in [6, 6.07) is 2.22. The molecule has 1 unspecified atom stereocenters. The molecule has 2 aromatic rings. The molecule has 0 aliphatic rings. The van der Waals surface area contributed by atoms with Crippen molar-refractivity contribution >= 4 is 11.2 Å². The van der Waals surface area contributed by atoms with Crippen LogP contribution in [0.4, 0.5) is 0 Å². The summed E-state index contributed by atoms with van der Waals surface area (Å²) in [5, 5.41) is 10.4. The van der Waals surface area contributed by atoms with Crippen molar-refractivity contribution in [2.45, 2.75) is 25.8 Å². The largest absolute Gasteiger partial charge is 0.328 e. The van der Waals surface area contributed by atoms with Crippen LogP contribution in [0.3, 0.4) is 0 Å². The molecule has 0 fully saturated rings. The minimum atomic E-state index is 0.225. The summed E-state index contributed by atoms with van der Waals surface area (Å²) in [6.07, 6.45) is 3.73. The van der Waals surface area contributed by atoms with Gasteiger partial charge in [-0.1, -0.05) is 0 Å². The number of nitrogens with zero attached hydrogens (tertiary/aromatic N) is 3. The second-order valence-corrected chi connectivity index (χ2v) is 3.53. The molecule has 0 aliphatic heterocycles. The first-order valence-corrected chi connectivity index (χ1v) is 4.66. The van der Waals surface area contributed by atoms with Gasteiger partial charge in [-0.05, 0) is 31.4 Å². The van der Waals surface area contributed by atoms with Crippen LogP contribution in [-0.2, 0) is 6.42 Å². The van der Waals surface area contributed by atoms with Crippen LogP contribution < -0.4 is 5.73 Å². The Labute approximate surface area is 81.7 Å². The topological polar surface area (TPSA) is 80.5 Å². The molecular weight excluding hydrogens is 178 g/mol. The Hall–Kier alpha value is -1.49. The summed E-state index contributed by atoms with van der Waals surface area (Å²) in [5.41, 5.74) is 8.31. The lowest BCUT2D eigenvalue weighted by molar-refractivity contribution is 0.665. The van der Waals surface area contributed by atoms with Gasteiger partial charge in [0.1, 0.15) is 5.52 Å². The van der Waals surface area contributed by atoms with Gasteiger partial charge in [-0.15, -0.1) is 5.10 Å². The summed E-state index contributed by atoms with van der Waals surface area (Å²) >= 11 is 0. The Balaban J connectivity index is 2.17. The van der Waals surface area contributed by atoms with Crippen molar-refractivity contribution in [2.75, 3.05) is 0 Å². The molecule has 2 rings (SSSR count). The Kier molecular flexibility index (Phi) is 2.41. The van der Waals surface area contributed by atoms with E-state index in [0.29, 0.717) is 5.65 Å². The Morgan fingerprint density at radius 2 is 2.36 bits per heavy atom. The van der Waals surface area contributed by atoms with Crippen LogP contribution in [0.15, 0.2) is 12.3 Å². The molecule has 14 heavy (non-hydrogen) atoms. The molecule has 5 nitrogen and oxygen atoms in total. The van der Waals surface area contributed by atoms with Crippen molar-refractivity contribution in [3.8, 4) is 0 Å². The van der Waals surface area contributed by atoms with E-state index in [9.17, 15) is 0 Å². The first-order chi connectivity index (χ1) is 6.75. The predicted molar refractivity (Wildman–Crippen MR) is 53.7 cm³/mol. The van der Waals surface area contributed by atoms with E-state index < -0.39 is 0 Å². The maximum atomic E-state index is 5.68. The van der Waals surface area contributed by atoms with Gasteiger partial charge in [0.25, 0.3) is 0 Å². The van der Waals surface area contributed by atoms with Gasteiger partial charge in [0, 0.05) is 12.2 Å². The van der Waals surface area contributed by atoms with Gasteiger partial charge in [0.15, 0.2) is 0 Å². The molecule has 0 aliphatic carbocycles. The first-order valence-electron chi connectivity index (χ1n) is 4.66. The second-order valence-electron chi connectivity index (χ2n) is 3.53. The average Bonchev–Trinajstić information content (AvgIpc) is 2.61. The van der Waals surface area contributed by atoms with Crippen molar-refractivity contribution < 1.29 is 0 Å². The van der Waals surface area contributed by atoms with Crippen LogP contribution in [0.2, 0.25) is 0 Å². The number of nitrogens with two attached hydrogens (primary N) is 1.